The fraction of sp³-hybridized carbons (Fsp3) is 0.923. The number of carbonyl (C=O) groups is 1. The van der Waals surface area contributed by atoms with Crippen LogP contribution in [0, 0.1) is 0 Å². The lowest BCUT2D eigenvalue weighted by Crippen LogP contribution is -2.52. The number of aliphatic hydroxyl groups is 1. The van der Waals surface area contributed by atoms with Crippen LogP contribution in [0.5, 0.6) is 0 Å². The number of hydrogen-bond donors (Lipinski definition) is 2. The molecule has 2 N–H and O–H groups in total. The van der Waals surface area contributed by atoms with Crippen molar-refractivity contribution in [2.75, 3.05) is 13.6 Å². The zero-order chi connectivity index (χ0) is 12.3. The predicted molar refractivity (Wildman–Crippen MR) is 66.7 cm³/mol. The first-order chi connectivity index (χ1) is 8.16. The molecule has 0 radical (unpaired) electrons. The minimum absolute atomic E-state index is 0.208. The van der Waals surface area contributed by atoms with E-state index < -0.39 is 0 Å². The van der Waals surface area contributed by atoms with E-state index in [1.54, 1.807) is 4.90 Å². The number of amides is 1. The lowest BCUT2D eigenvalue weighted by atomic mass is 10.0. The molecule has 4 nitrogen and oxygen atoms in total. The Kier molecular flexibility index (Phi) is 4.40. The molecule has 3 unspecified atom stereocenters. The molecule has 17 heavy (non-hydrogen) atoms. The Bertz CT molecular complexity index is 270. The third-order valence-electron chi connectivity index (χ3n) is 4.06. The molecule has 1 aliphatic carbocycles. The normalized spacial score (nSPS) is 35.8. The lowest BCUT2D eigenvalue weighted by Gasteiger charge is -2.34. The van der Waals surface area contributed by atoms with Crippen molar-refractivity contribution in [2.24, 2.45) is 0 Å². The Morgan fingerprint density at radius 1 is 1.24 bits per heavy atom. The molecule has 1 saturated carbocycles. The maximum atomic E-state index is 11.4. The van der Waals surface area contributed by atoms with Gasteiger partial charge in [0.25, 0.3) is 0 Å². The van der Waals surface area contributed by atoms with E-state index in [1.165, 1.54) is 12.8 Å². The molecule has 0 aromatic heterocycles. The maximum Gasteiger partial charge on any atom is 0.222 e. The number of hydrogen-bond acceptors (Lipinski definition) is 3. The van der Waals surface area contributed by atoms with Gasteiger partial charge in [0, 0.05) is 32.1 Å². The average Bonchev–Trinajstić information content (AvgIpc) is 2.50. The molecule has 0 spiro atoms. The van der Waals surface area contributed by atoms with E-state index in [4.69, 9.17) is 0 Å². The molecule has 4 heteroatoms. The van der Waals surface area contributed by atoms with Crippen LogP contribution in [-0.2, 0) is 4.79 Å². The highest BCUT2D eigenvalue weighted by Gasteiger charge is 2.28. The number of nitrogens with one attached hydrogen (secondary N) is 1. The van der Waals surface area contributed by atoms with Gasteiger partial charge in [-0.05, 0) is 19.3 Å². The topological polar surface area (TPSA) is 52.6 Å². The number of nitrogens with zero attached hydrogens (tertiary/aromatic N) is 1. The number of aliphatic hydroxyl groups excluding tert-OH is 1. The number of likely N-dealkylation sites (tertiary alicyclic amines) is 1. The van der Waals surface area contributed by atoms with E-state index in [-0.39, 0.29) is 18.1 Å². The van der Waals surface area contributed by atoms with Crippen LogP contribution in [0.2, 0.25) is 0 Å². The summed E-state index contributed by atoms with van der Waals surface area (Å²) in [6.45, 7) is 0.780. The van der Waals surface area contributed by atoms with Gasteiger partial charge in [0.05, 0.1) is 6.10 Å². The van der Waals surface area contributed by atoms with Gasteiger partial charge in [-0.2, -0.15) is 0 Å². The number of piperidine rings is 1. The molecule has 1 aliphatic heterocycles. The SMILES string of the molecule is CN1CC(NC2CCCCCC2O)CCC1=O. The summed E-state index contributed by atoms with van der Waals surface area (Å²) in [7, 11) is 1.86. The first-order valence-electron chi connectivity index (χ1n) is 6.85. The molecule has 1 saturated heterocycles. The summed E-state index contributed by atoms with van der Waals surface area (Å²) >= 11 is 0. The van der Waals surface area contributed by atoms with E-state index in [0.29, 0.717) is 12.5 Å². The first-order valence-corrected chi connectivity index (χ1v) is 6.85. The Morgan fingerprint density at radius 3 is 2.76 bits per heavy atom. The van der Waals surface area contributed by atoms with Crippen molar-refractivity contribution in [3.63, 3.8) is 0 Å². The van der Waals surface area contributed by atoms with E-state index >= 15 is 0 Å². The molecule has 2 rings (SSSR count). The summed E-state index contributed by atoms with van der Waals surface area (Å²) < 4.78 is 0. The summed E-state index contributed by atoms with van der Waals surface area (Å²) in [5.41, 5.74) is 0. The molecule has 3 atom stereocenters. The van der Waals surface area contributed by atoms with Gasteiger partial charge in [-0.25, -0.2) is 0 Å². The van der Waals surface area contributed by atoms with Crippen LogP contribution in [-0.4, -0.2) is 47.7 Å². The molecule has 1 heterocycles. The van der Waals surface area contributed by atoms with E-state index in [1.807, 2.05) is 7.05 Å². The van der Waals surface area contributed by atoms with Crippen LogP contribution in [0.4, 0.5) is 0 Å². The second-order valence-electron chi connectivity index (χ2n) is 5.49. The molecule has 0 aromatic carbocycles. The van der Waals surface area contributed by atoms with Crippen LogP contribution in [0.1, 0.15) is 44.9 Å². The van der Waals surface area contributed by atoms with E-state index in [9.17, 15) is 9.90 Å². The van der Waals surface area contributed by atoms with Crippen LogP contribution in [0.15, 0.2) is 0 Å². The van der Waals surface area contributed by atoms with Gasteiger partial charge >= 0.3 is 0 Å². The highest BCUT2D eigenvalue weighted by Crippen LogP contribution is 2.20. The molecule has 0 aromatic rings. The van der Waals surface area contributed by atoms with Gasteiger partial charge < -0.3 is 15.3 Å². The van der Waals surface area contributed by atoms with Gasteiger partial charge in [-0.3, -0.25) is 4.79 Å². The van der Waals surface area contributed by atoms with Gasteiger partial charge in [0.2, 0.25) is 5.91 Å². The van der Waals surface area contributed by atoms with Crippen LogP contribution >= 0.6 is 0 Å². The fourth-order valence-electron chi connectivity index (χ4n) is 2.93. The van der Waals surface area contributed by atoms with Crippen molar-refractivity contribution in [1.29, 1.82) is 0 Å². The highest BCUT2D eigenvalue weighted by molar-refractivity contribution is 5.76. The van der Waals surface area contributed by atoms with Crippen molar-refractivity contribution in [1.82, 2.24) is 10.2 Å². The highest BCUT2D eigenvalue weighted by atomic mass is 16.3. The van der Waals surface area contributed by atoms with Gasteiger partial charge in [0.15, 0.2) is 0 Å². The first kappa shape index (κ1) is 12.8. The molecular formula is C13H24N2O2. The molecule has 2 aliphatic rings. The minimum atomic E-state index is -0.208. The lowest BCUT2D eigenvalue weighted by molar-refractivity contribution is -0.132. The number of carbonyl (C=O) groups excluding carboxylic acids is 1. The maximum absolute atomic E-state index is 11.4. The third kappa shape index (κ3) is 3.42. The van der Waals surface area contributed by atoms with Crippen LogP contribution in [0.3, 0.4) is 0 Å². The van der Waals surface area contributed by atoms with Gasteiger partial charge in [-0.15, -0.1) is 0 Å². The standard InChI is InChI=1S/C13H24N2O2/c1-15-9-10(7-8-13(15)17)14-11-5-3-2-4-6-12(11)16/h10-12,14,16H,2-9H2,1H3. The molecule has 0 bridgehead atoms. The fourth-order valence-corrected chi connectivity index (χ4v) is 2.93. The Hall–Kier alpha value is -0.610. The minimum Gasteiger partial charge on any atom is -0.392 e. The molecule has 98 valence electrons. The van der Waals surface area contributed by atoms with Crippen molar-refractivity contribution in [3.8, 4) is 0 Å². The van der Waals surface area contributed by atoms with Crippen molar-refractivity contribution in [3.05, 3.63) is 0 Å². The number of likely N-dealkylation sites (N-methyl/N-ethyl adjacent to an activating group) is 1. The third-order valence-corrected chi connectivity index (χ3v) is 4.06. The Morgan fingerprint density at radius 2 is 2.00 bits per heavy atom. The second kappa shape index (κ2) is 5.83. The summed E-state index contributed by atoms with van der Waals surface area (Å²) in [4.78, 5) is 13.2. The van der Waals surface area contributed by atoms with Crippen LogP contribution < -0.4 is 5.32 Å². The van der Waals surface area contributed by atoms with E-state index in [0.717, 1.165) is 32.2 Å². The average molecular weight is 240 g/mol. The largest absolute Gasteiger partial charge is 0.392 e. The smallest absolute Gasteiger partial charge is 0.222 e. The van der Waals surface area contributed by atoms with Crippen molar-refractivity contribution >= 4 is 5.91 Å². The Balaban J connectivity index is 1.85. The molecule has 1 amide bonds. The second-order valence-corrected chi connectivity index (χ2v) is 5.49. The van der Waals surface area contributed by atoms with Gasteiger partial charge in [0.1, 0.15) is 0 Å². The van der Waals surface area contributed by atoms with E-state index in [2.05, 4.69) is 5.32 Å². The van der Waals surface area contributed by atoms with Crippen molar-refractivity contribution in [2.45, 2.75) is 63.1 Å². The molecule has 2 fully saturated rings. The monoisotopic (exact) mass is 240 g/mol. The summed E-state index contributed by atoms with van der Waals surface area (Å²) in [5, 5.41) is 13.6. The number of rotatable bonds is 2. The van der Waals surface area contributed by atoms with Gasteiger partial charge in [-0.1, -0.05) is 19.3 Å². The molecular weight excluding hydrogens is 216 g/mol. The quantitative estimate of drug-likeness (QED) is 0.705. The summed E-state index contributed by atoms with van der Waals surface area (Å²) in [6, 6.07) is 0.583. The zero-order valence-electron chi connectivity index (χ0n) is 10.7. The summed E-state index contributed by atoms with van der Waals surface area (Å²) in [6.07, 6.45) is 6.90. The predicted octanol–water partition coefficient (Wildman–Crippen LogP) is 0.890. The summed E-state index contributed by atoms with van der Waals surface area (Å²) in [5.74, 6) is 0.240. The van der Waals surface area contributed by atoms with Crippen LogP contribution in [0.25, 0.3) is 0 Å². The Labute approximate surface area is 103 Å². The zero-order valence-corrected chi connectivity index (χ0v) is 10.7. The van der Waals surface area contributed by atoms with Crippen molar-refractivity contribution < 1.29 is 9.90 Å².